The van der Waals surface area contributed by atoms with Crippen molar-refractivity contribution in [3.8, 4) is 5.75 Å². The van der Waals surface area contributed by atoms with Crippen LogP contribution < -0.4 is 5.32 Å². The van der Waals surface area contributed by atoms with E-state index < -0.39 is 0 Å². The highest BCUT2D eigenvalue weighted by Crippen LogP contribution is 2.44. The topological polar surface area (TPSA) is 35.5 Å². The second-order valence-electron chi connectivity index (χ2n) is 5.75. The number of rotatable bonds is 3. The number of hydrogen-bond acceptors (Lipinski definition) is 3. The lowest BCUT2D eigenvalue weighted by Crippen LogP contribution is -2.47. The second kappa shape index (κ2) is 9.09. The molecule has 0 bridgehead atoms. The van der Waals surface area contributed by atoms with Crippen molar-refractivity contribution in [3.05, 3.63) is 26.6 Å². The number of phenolic OH excluding ortho intramolecular Hbond substituents is 1. The van der Waals surface area contributed by atoms with Crippen LogP contribution in [0.15, 0.2) is 21.1 Å². The van der Waals surface area contributed by atoms with Crippen LogP contribution in [0.2, 0.25) is 0 Å². The van der Waals surface area contributed by atoms with Crippen LogP contribution in [0.3, 0.4) is 0 Å². The first-order valence-corrected chi connectivity index (χ1v) is 8.88. The Labute approximate surface area is 161 Å². The maximum absolute atomic E-state index is 9.92. The summed E-state index contributed by atoms with van der Waals surface area (Å²) in [6.45, 7) is 4.36. The van der Waals surface area contributed by atoms with Gasteiger partial charge >= 0.3 is 0 Å². The first-order valence-electron chi connectivity index (χ1n) is 7.29. The number of benzene rings is 1. The summed E-state index contributed by atoms with van der Waals surface area (Å²) in [7, 11) is 0. The number of phenols is 1. The van der Waals surface area contributed by atoms with Gasteiger partial charge in [-0.15, -0.1) is 24.8 Å². The maximum Gasteiger partial charge on any atom is 0.143 e. The minimum Gasteiger partial charge on any atom is -0.506 e. The van der Waals surface area contributed by atoms with Gasteiger partial charge in [-0.25, -0.2) is 0 Å². The van der Waals surface area contributed by atoms with Gasteiger partial charge in [-0.05, 0) is 68.3 Å². The Kier molecular flexibility index (Phi) is 8.48. The van der Waals surface area contributed by atoms with Gasteiger partial charge in [0.05, 0.1) is 8.95 Å². The Morgan fingerprint density at radius 1 is 1.09 bits per heavy atom. The van der Waals surface area contributed by atoms with Crippen LogP contribution in [0.1, 0.15) is 30.9 Å². The zero-order valence-corrected chi connectivity index (χ0v) is 17.0. The standard InChI is InChI=1S/C15H20Br2N2O.2ClH/c16-12-8-11(9-13(17)15(12)20)14(10-2-1-3-10)19-6-4-18-5-7-19;;/h8-10,14,18,20H,1-7H2;2*1H/t14-;;/m1../s1. The van der Waals surface area contributed by atoms with Crippen molar-refractivity contribution in [3.63, 3.8) is 0 Å². The lowest BCUT2D eigenvalue weighted by Gasteiger charge is -2.43. The molecule has 0 radical (unpaired) electrons. The van der Waals surface area contributed by atoms with Crippen molar-refractivity contribution in [2.24, 2.45) is 5.92 Å². The van der Waals surface area contributed by atoms with E-state index in [0.717, 1.165) is 41.0 Å². The molecule has 0 spiro atoms. The number of piperazine rings is 1. The first kappa shape index (κ1) is 20.5. The molecule has 0 aromatic heterocycles. The summed E-state index contributed by atoms with van der Waals surface area (Å²) in [5.41, 5.74) is 1.31. The third-order valence-electron chi connectivity index (χ3n) is 4.52. The molecule has 1 aliphatic heterocycles. The molecule has 3 nitrogen and oxygen atoms in total. The minimum absolute atomic E-state index is 0. The van der Waals surface area contributed by atoms with Crippen molar-refractivity contribution in [2.75, 3.05) is 26.2 Å². The van der Waals surface area contributed by atoms with E-state index in [4.69, 9.17) is 0 Å². The summed E-state index contributed by atoms with van der Waals surface area (Å²) in [5, 5.41) is 13.3. The van der Waals surface area contributed by atoms with Gasteiger partial charge in [0.25, 0.3) is 0 Å². The summed E-state index contributed by atoms with van der Waals surface area (Å²) in [5.74, 6) is 1.05. The van der Waals surface area contributed by atoms with Crippen LogP contribution >= 0.6 is 56.7 Å². The van der Waals surface area contributed by atoms with Crippen LogP contribution in [-0.2, 0) is 0 Å². The Balaban J connectivity index is 0.00000121. The van der Waals surface area contributed by atoms with Crippen LogP contribution in [0.25, 0.3) is 0 Å². The molecule has 1 aliphatic carbocycles. The molecule has 1 saturated carbocycles. The van der Waals surface area contributed by atoms with Gasteiger partial charge in [0.15, 0.2) is 0 Å². The van der Waals surface area contributed by atoms with E-state index >= 15 is 0 Å². The molecule has 22 heavy (non-hydrogen) atoms. The van der Waals surface area contributed by atoms with E-state index in [2.05, 4.69) is 54.2 Å². The highest BCUT2D eigenvalue weighted by molar-refractivity contribution is 9.11. The zero-order chi connectivity index (χ0) is 14.1. The first-order chi connectivity index (χ1) is 9.66. The fraction of sp³-hybridized carbons (Fsp3) is 0.600. The SMILES string of the molecule is Cl.Cl.Oc1c(Br)cc([C@@H](C2CCC2)N2CCNCC2)cc1Br. The predicted molar refractivity (Wildman–Crippen MR) is 103 cm³/mol. The second-order valence-corrected chi connectivity index (χ2v) is 7.46. The van der Waals surface area contributed by atoms with E-state index in [0.29, 0.717) is 11.8 Å². The summed E-state index contributed by atoms with van der Waals surface area (Å²) < 4.78 is 1.56. The van der Waals surface area contributed by atoms with Crippen LogP contribution in [0, 0.1) is 5.92 Å². The van der Waals surface area contributed by atoms with Crippen molar-refractivity contribution in [2.45, 2.75) is 25.3 Å². The largest absolute Gasteiger partial charge is 0.506 e. The normalized spacial score (nSPS) is 20.5. The average Bonchev–Trinajstić information content (AvgIpc) is 2.40. The Morgan fingerprint density at radius 3 is 2.09 bits per heavy atom. The van der Waals surface area contributed by atoms with Gasteiger partial charge in [0.1, 0.15) is 5.75 Å². The molecular weight excluding hydrogens is 455 g/mol. The monoisotopic (exact) mass is 474 g/mol. The van der Waals surface area contributed by atoms with Crippen LogP contribution in [0.5, 0.6) is 5.75 Å². The Bertz CT molecular complexity index is 471. The lowest BCUT2D eigenvalue weighted by molar-refractivity contribution is 0.0836. The molecule has 126 valence electrons. The van der Waals surface area contributed by atoms with E-state index in [1.165, 1.54) is 24.8 Å². The highest BCUT2D eigenvalue weighted by atomic mass is 79.9. The molecule has 1 aromatic carbocycles. The van der Waals surface area contributed by atoms with Gasteiger partial charge in [-0.1, -0.05) is 6.42 Å². The number of halogens is 4. The van der Waals surface area contributed by atoms with Gasteiger partial charge in [0.2, 0.25) is 0 Å². The molecule has 2 N–H and O–H groups in total. The fourth-order valence-electron chi connectivity index (χ4n) is 3.25. The van der Waals surface area contributed by atoms with Gasteiger partial charge in [-0.3, -0.25) is 4.90 Å². The quantitative estimate of drug-likeness (QED) is 0.674. The van der Waals surface area contributed by atoms with Crippen molar-refractivity contribution < 1.29 is 5.11 Å². The molecule has 0 unspecified atom stereocenters. The molecule has 7 heteroatoms. The number of nitrogens with one attached hydrogen (secondary N) is 1. The van der Waals surface area contributed by atoms with Gasteiger partial charge in [0, 0.05) is 32.2 Å². The summed E-state index contributed by atoms with van der Waals surface area (Å²) in [4.78, 5) is 2.60. The average molecular weight is 477 g/mol. The predicted octanol–water partition coefficient (Wildman–Crippen LogP) is 4.51. The third kappa shape index (κ3) is 4.31. The van der Waals surface area contributed by atoms with Crippen LogP contribution in [-0.4, -0.2) is 36.2 Å². The van der Waals surface area contributed by atoms with Crippen LogP contribution in [0.4, 0.5) is 0 Å². The van der Waals surface area contributed by atoms with Crippen molar-refractivity contribution >= 4 is 56.7 Å². The molecule has 0 amide bonds. The zero-order valence-electron chi connectivity index (χ0n) is 12.2. The van der Waals surface area contributed by atoms with E-state index in [1.54, 1.807) is 0 Å². The van der Waals surface area contributed by atoms with E-state index in [9.17, 15) is 5.11 Å². The number of hydrogen-bond donors (Lipinski definition) is 2. The van der Waals surface area contributed by atoms with E-state index in [1.807, 2.05) is 0 Å². The minimum atomic E-state index is 0. The molecule has 1 heterocycles. The molecular formula is C15H22Br2Cl2N2O. The molecule has 2 aliphatic rings. The lowest BCUT2D eigenvalue weighted by atomic mass is 9.76. The molecule has 1 saturated heterocycles. The van der Waals surface area contributed by atoms with E-state index in [-0.39, 0.29) is 24.8 Å². The summed E-state index contributed by atoms with van der Waals surface area (Å²) >= 11 is 6.93. The fourth-order valence-corrected chi connectivity index (χ4v) is 4.47. The molecule has 3 rings (SSSR count). The highest BCUT2D eigenvalue weighted by Gasteiger charge is 2.34. The Morgan fingerprint density at radius 2 is 1.64 bits per heavy atom. The number of aromatic hydroxyl groups is 1. The van der Waals surface area contributed by atoms with Gasteiger partial charge in [-0.2, -0.15) is 0 Å². The smallest absolute Gasteiger partial charge is 0.143 e. The third-order valence-corrected chi connectivity index (χ3v) is 5.73. The summed E-state index contributed by atoms with van der Waals surface area (Å²) in [6.07, 6.45) is 4.00. The number of nitrogens with zero attached hydrogens (tertiary/aromatic N) is 1. The molecule has 1 aromatic rings. The summed E-state index contributed by atoms with van der Waals surface area (Å²) in [6, 6.07) is 4.66. The molecule has 2 fully saturated rings. The van der Waals surface area contributed by atoms with Crippen molar-refractivity contribution in [1.82, 2.24) is 10.2 Å². The Hall–Kier alpha value is 0.480. The van der Waals surface area contributed by atoms with Gasteiger partial charge < -0.3 is 10.4 Å². The maximum atomic E-state index is 9.92. The van der Waals surface area contributed by atoms with Crippen molar-refractivity contribution in [1.29, 1.82) is 0 Å². The molecule has 1 atom stereocenters.